The molecule has 3 aromatic rings. The summed E-state index contributed by atoms with van der Waals surface area (Å²) in [5.74, 6) is 0.589. The van der Waals surface area contributed by atoms with Gasteiger partial charge >= 0.3 is 12.2 Å². The molecule has 1 aliphatic heterocycles. The van der Waals surface area contributed by atoms with Gasteiger partial charge in [-0.25, -0.2) is 9.78 Å². The monoisotopic (exact) mass is 477 g/mol. The molecule has 176 valence electrons. The highest BCUT2D eigenvalue weighted by molar-refractivity contribution is 6.42. The fourth-order valence-electron chi connectivity index (χ4n) is 3.67. The van der Waals surface area contributed by atoms with E-state index in [1.807, 2.05) is 6.92 Å². The van der Waals surface area contributed by atoms with E-state index in [9.17, 15) is 18.0 Å². The summed E-state index contributed by atoms with van der Waals surface area (Å²) >= 11 is 0. The Bertz CT molecular complexity index is 1270. The van der Waals surface area contributed by atoms with Crippen LogP contribution in [-0.2, 0) is 6.18 Å². The van der Waals surface area contributed by atoms with Gasteiger partial charge in [-0.15, -0.1) is 0 Å². The quantitative estimate of drug-likeness (QED) is 0.568. The zero-order valence-corrected chi connectivity index (χ0v) is 19.2. The van der Waals surface area contributed by atoms with Gasteiger partial charge in [0.1, 0.15) is 11.5 Å². The Morgan fingerprint density at radius 3 is 2.49 bits per heavy atom. The summed E-state index contributed by atoms with van der Waals surface area (Å²) in [6, 6.07) is 5.13. The van der Waals surface area contributed by atoms with Crippen molar-refractivity contribution in [3.05, 3.63) is 59.8 Å². The smallest absolute Gasteiger partial charge is 0.346 e. The van der Waals surface area contributed by atoms with Gasteiger partial charge in [0.25, 0.3) is 0 Å². The first-order valence-corrected chi connectivity index (χ1v) is 10.6. The van der Waals surface area contributed by atoms with E-state index in [2.05, 4.69) is 25.3 Å². The first-order chi connectivity index (χ1) is 16.4. The summed E-state index contributed by atoms with van der Waals surface area (Å²) in [6.07, 6.45) is -0.380. The van der Waals surface area contributed by atoms with Gasteiger partial charge < -0.3 is 10.2 Å². The minimum Gasteiger partial charge on any atom is -0.346 e. The predicted molar refractivity (Wildman–Crippen MR) is 126 cm³/mol. The van der Waals surface area contributed by atoms with E-state index in [1.54, 1.807) is 19.1 Å². The minimum absolute atomic E-state index is 0.0572. The van der Waals surface area contributed by atoms with Crippen LogP contribution in [0.2, 0.25) is 0 Å². The highest BCUT2D eigenvalue weighted by Gasteiger charge is 2.41. The number of rotatable bonds is 5. The first kappa shape index (κ1) is 24.5. The van der Waals surface area contributed by atoms with Crippen molar-refractivity contribution < 1.29 is 18.0 Å². The molecule has 35 heavy (non-hydrogen) atoms. The molecule has 2 amide bonds. The number of urea groups is 1. The number of aromatic nitrogens is 4. The molecule has 4 rings (SSSR count). The lowest BCUT2D eigenvalue weighted by atomic mass is 9.61. The Morgan fingerprint density at radius 1 is 1.14 bits per heavy atom. The molecule has 8 nitrogen and oxygen atoms in total. The molecule has 4 radical (unpaired) electrons. The Kier molecular flexibility index (Phi) is 6.20. The predicted octanol–water partition coefficient (Wildman–Crippen LogP) is 3.30. The Balaban J connectivity index is 1.53. The molecule has 4 heterocycles. The zero-order chi connectivity index (χ0) is 25.5. The molecule has 1 aliphatic rings. The molecule has 1 unspecified atom stereocenters. The third-order valence-corrected chi connectivity index (χ3v) is 5.75. The van der Waals surface area contributed by atoms with E-state index in [0.717, 1.165) is 17.8 Å². The highest BCUT2D eigenvalue weighted by Crippen LogP contribution is 2.32. The largest absolute Gasteiger partial charge is 0.433 e. The normalized spacial score (nSPS) is 16.5. The van der Waals surface area contributed by atoms with E-state index in [1.165, 1.54) is 35.3 Å². The molecule has 1 fully saturated rings. The Labute approximate surface area is 202 Å². The summed E-state index contributed by atoms with van der Waals surface area (Å²) in [4.78, 5) is 31.5. The topological polar surface area (TPSA) is 87.1 Å². The molecule has 13 heteroatoms. The highest BCUT2D eigenvalue weighted by atomic mass is 19.4. The number of likely N-dealkylation sites (N-methyl/N-ethyl adjacent to an activating group) is 1. The van der Waals surface area contributed by atoms with Crippen LogP contribution in [0.1, 0.15) is 29.9 Å². The fourth-order valence-corrected chi connectivity index (χ4v) is 3.67. The van der Waals surface area contributed by atoms with Crippen molar-refractivity contribution in [3.8, 4) is 11.1 Å². The van der Waals surface area contributed by atoms with Gasteiger partial charge in [-0.1, -0.05) is 0 Å². The Morgan fingerprint density at radius 2 is 1.86 bits per heavy atom. The lowest BCUT2D eigenvalue weighted by Gasteiger charge is -2.26. The average molecular weight is 477 g/mol. The number of hydrogen-bond acceptors (Lipinski definition) is 6. The van der Waals surface area contributed by atoms with Gasteiger partial charge in [0.2, 0.25) is 5.95 Å². The summed E-state index contributed by atoms with van der Waals surface area (Å²) in [5, 5.41) is 1.81. The van der Waals surface area contributed by atoms with E-state index in [4.69, 9.17) is 15.7 Å². The molecule has 1 N–H and O–H groups in total. The number of alkyl halides is 3. The SMILES string of the molecule is [B]C1([B])CN(c2ccnc(NC(C)c3cc(C)c(-c4ccnc(C(F)(F)F)c4)cn3)n2)C(=O)N1C. The number of pyridine rings is 2. The van der Waals surface area contributed by atoms with E-state index in [-0.39, 0.29) is 24.6 Å². The molecule has 0 aliphatic carbocycles. The van der Waals surface area contributed by atoms with Gasteiger partial charge in [-0.05, 0) is 54.6 Å². The van der Waals surface area contributed by atoms with Gasteiger partial charge in [0.05, 0.1) is 27.4 Å². The van der Waals surface area contributed by atoms with Crippen molar-refractivity contribution in [1.82, 2.24) is 24.8 Å². The van der Waals surface area contributed by atoms with Gasteiger partial charge in [-0.2, -0.15) is 18.2 Å². The lowest BCUT2D eigenvalue weighted by Crippen LogP contribution is -2.45. The van der Waals surface area contributed by atoms with Crippen LogP contribution in [0.3, 0.4) is 0 Å². The van der Waals surface area contributed by atoms with Gasteiger partial charge in [0.15, 0.2) is 0 Å². The maximum atomic E-state index is 13.0. The maximum Gasteiger partial charge on any atom is 0.433 e. The molecule has 0 saturated carbocycles. The molecule has 1 saturated heterocycles. The Hall–Kier alpha value is -3.63. The third-order valence-electron chi connectivity index (χ3n) is 5.75. The van der Waals surface area contributed by atoms with Gasteiger partial charge in [0, 0.05) is 37.7 Å². The number of nitrogens with one attached hydrogen (secondary N) is 1. The maximum absolute atomic E-state index is 13.0. The average Bonchev–Trinajstić information content (AvgIpc) is 3.01. The van der Waals surface area contributed by atoms with Crippen molar-refractivity contribution in [3.63, 3.8) is 0 Å². The number of halogens is 3. The first-order valence-electron chi connectivity index (χ1n) is 10.6. The second kappa shape index (κ2) is 8.86. The number of carbonyl (C=O) groups is 1. The summed E-state index contributed by atoms with van der Waals surface area (Å²) < 4.78 is 39.1. The molecule has 0 bridgehead atoms. The van der Waals surface area contributed by atoms with Crippen LogP contribution in [0.25, 0.3) is 11.1 Å². The standard InChI is InChI=1S/C22H20B2F3N7O/c1-12-8-16(30-10-15(12)14-4-6-28-17(9-14)22(25,26)27)13(2)31-19-29-7-5-18(32-19)34-11-21(23,24)33(3)20(34)35/h4-10,13H,11H2,1-3H3,(H,29,31,32). The second-order valence-electron chi connectivity index (χ2n) is 8.38. The molecule has 3 aromatic heterocycles. The number of hydrogen-bond donors (Lipinski definition) is 1. The summed E-state index contributed by atoms with van der Waals surface area (Å²) in [6.45, 7) is 3.69. The minimum atomic E-state index is -4.53. The van der Waals surface area contributed by atoms with Crippen molar-refractivity contribution in [2.75, 3.05) is 23.8 Å². The second-order valence-corrected chi connectivity index (χ2v) is 8.38. The number of anilines is 2. The van der Waals surface area contributed by atoms with Crippen LogP contribution in [-0.4, -0.2) is 65.5 Å². The van der Waals surface area contributed by atoms with Crippen LogP contribution in [0.4, 0.5) is 29.7 Å². The zero-order valence-electron chi connectivity index (χ0n) is 19.2. The fraction of sp³-hybridized carbons (Fsp3) is 0.318. The third kappa shape index (κ3) is 4.94. The van der Waals surface area contributed by atoms with Crippen LogP contribution >= 0.6 is 0 Å². The number of aryl methyl sites for hydroxylation is 1. The van der Waals surface area contributed by atoms with Crippen molar-refractivity contribution in [1.29, 1.82) is 0 Å². The molecular formula is C22H20B2F3N7O. The molecule has 0 aromatic carbocycles. The van der Waals surface area contributed by atoms with Crippen LogP contribution in [0, 0.1) is 6.92 Å². The van der Waals surface area contributed by atoms with Gasteiger partial charge in [-0.3, -0.25) is 14.9 Å². The van der Waals surface area contributed by atoms with Crippen LogP contribution in [0.5, 0.6) is 0 Å². The van der Waals surface area contributed by atoms with E-state index in [0.29, 0.717) is 22.6 Å². The molecular weight excluding hydrogens is 457 g/mol. The number of carbonyl (C=O) groups excluding carboxylic acids is 1. The molecule has 0 spiro atoms. The summed E-state index contributed by atoms with van der Waals surface area (Å²) in [7, 11) is 13.4. The molecule has 1 atom stereocenters. The lowest BCUT2D eigenvalue weighted by molar-refractivity contribution is -0.141. The van der Waals surface area contributed by atoms with E-state index >= 15 is 0 Å². The van der Waals surface area contributed by atoms with Crippen molar-refractivity contribution >= 4 is 33.5 Å². The van der Waals surface area contributed by atoms with E-state index < -0.39 is 17.2 Å². The number of nitrogens with zero attached hydrogens (tertiary/aromatic N) is 6. The van der Waals surface area contributed by atoms with Crippen LogP contribution < -0.4 is 10.2 Å². The number of amides is 2. The summed E-state index contributed by atoms with van der Waals surface area (Å²) in [5.41, 5.74) is 1.35. The van der Waals surface area contributed by atoms with Crippen molar-refractivity contribution in [2.24, 2.45) is 0 Å². The van der Waals surface area contributed by atoms with Crippen molar-refractivity contribution in [2.45, 2.75) is 31.4 Å². The van der Waals surface area contributed by atoms with Crippen LogP contribution in [0.15, 0.2) is 42.9 Å².